The van der Waals surface area contributed by atoms with E-state index in [1.165, 1.54) is 5.56 Å². The molecule has 3 rings (SSSR count). The van der Waals surface area contributed by atoms with Gasteiger partial charge >= 0.3 is 0 Å². The van der Waals surface area contributed by atoms with Crippen molar-refractivity contribution < 1.29 is 14.3 Å². The number of nitrogens with zero attached hydrogens (tertiary/aromatic N) is 2. The molecule has 136 valence electrons. The number of rotatable bonds is 5. The van der Waals surface area contributed by atoms with Crippen LogP contribution >= 0.6 is 0 Å². The normalized spacial score (nSPS) is 12.7. The number of hydrogen-bond acceptors (Lipinski definition) is 3. The fourth-order valence-corrected chi connectivity index (χ4v) is 3.12. The third-order valence-corrected chi connectivity index (χ3v) is 4.67. The number of amides is 2. The number of ether oxygens (including phenoxy) is 1. The summed E-state index contributed by atoms with van der Waals surface area (Å²) in [6.07, 6.45) is 0.788. The molecule has 1 aliphatic rings. The molecule has 26 heavy (non-hydrogen) atoms. The van der Waals surface area contributed by atoms with E-state index < -0.39 is 0 Å². The SMILES string of the molecule is CC(=O)N1CCc2cc(C(=O)N(C)CCOc3ccc(C)cc3)ccc21. The Kier molecular flexibility index (Phi) is 5.26. The van der Waals surface area contributed by atoms with Gasteiger partial charge in [-0.05, 0) is 49.2 Å². The number of likely N-dealkylation sites (N-methyl/N-ethyl adjacent to an activating group) is 1. The highest BCUT2D eigenvalue weighted by molar-refractivity contribution is 5.97. The van der Waals surface area contributed by atoms with E-state index in [-0.39, 0.29) is 11.8 Å². The molecule has 1 aliphatic heterocycles. The van der Waals surface area contributed by atoms with Crippen LogP contribution in [-0.4, -0.2) is 43.5 Å². The van der Waals surface area contributed by atoms with Crippen molar-refractivity contribution in [3.63, 3.8) is 0 Å². The van der Waals surface area contributed by atoms with Gasteiger partial charge < -0.3 is 14.5 Å². The predicted molar refractivity (Wildman–Crippen MR) is 102 cm³/mol. The van der Waals surface area contributed by atoms with Gasteiger partial charge in [0.2, 0.25) is 5.91 Å². The molecule has 0 spiro atoms. The van der Waals surface area contributed by atoms with Crippen LogP contribution in [0.5, 0.6) is 5.75 Å². The topological polar surface area (TPSA) is 49.9 Å². The Labute approximate surface area is 154 Å². The average Bonchev–Trinajstić information content (AvgIpc) is 3.06. The van der Waals surface area contributed by atoms with Crippen LogP contribution in [0.3, 0.4) is 0 Å². The van der Waals surface area contributed by atoms with E-state index in [1.807, 2.05) is 43.3 Å². The van der Waals surface area contributed by atoms with Gasteiger partial charge in [-0.15, -0.1) is 0 Å². The summed E-state index contributed by atoms with van der Waals surface area (Å²) in [5.74, 6) is 0.799. The second-order valence-corrected chi connectivity index (χ2v) is 6.65. The van der Waals surface area contributed by atoms with E-state index in [9.17, 15) is 9.59 Å². The van der Waals surface area contributed by atoms with Crippen LogP contribution in [-0.2, 0) is 11.2 Å². The molecule has 0 aromatic heterocycles. The van der Waals surface area contributed by atoms with Crippen molar-refractivity contribution in [2.24, 2.45) is 0 Å². The van der Waals surface area contributed by atoms with Gasteiger partial charge in [-0.3, -0.25) is 9.59 Å². The Hall–Kier alpha value is -2.82. The highest BCUT2D eigenvalue weighted by atomic mass is 16.5. The van der Waals surface area contributed by atoms with Crippen LogP contribution in [0.25, 0.3) is 0 Å². The minimum atomic E-state index is -0.0402. The van der Waals surface area contributed by atoms with E-state index in [2.05, 4.69) is 0 Å². The van der Waals surface area contributed by atoms with Gasteiger partial charge in [0.15, 0.2) is 0 Å². The van der Waals surface area contributed by atoms with Crippen LogP contribution in [0.15, 0.2) is 42.5 Å². The molecule has 0 fully saturated rings. The highest BCUT2D eigenvalue weighted by Gasteiger charge is 2.23. The first-order valence-corrected chi connectivity index (χ1v) is 8.81. The molecule has 5 heteroatoms. The summed E-state index contributed by atoms with van der Waals surface area (Å²) in [7, 11) is 1.77. The Morgan fingerprint density at radius 2 is 1.88 bits per heavy atom. The van der Waals surface area contributed by atoms with E-state index in [1.54, 1.807) is 29.8 Å². The lowest BCUT2D eigenvalue weighted by atomic mass is 10.1. The van der Waals surface area contributed by atoms with E-state index in [4.69, 9.17) is 4.74 Å². The summed E-state index contributed by atoms with van der Waals surface area (Å²) in [4.78, 5) is 27.7. The molecular weight excluding hydrogens is 328 g/mol. The second-order valence-electron chi connectivity index (χ2n) is 6.65. The van der Waals surface area contributed by atoms with Crippen molar-refractivity contribution in [2.45, 2.75) is 20.3 Å². The molecule has 0 aliphatic carbocycles. The van der Waals surface area contributed by atoms with Gasteiger partial charge in [-0.1, -0.05) is 17.7 Å². The number of carbonyl (C=O) groups is 2. The number of fused-ring (bicyclic) bond motifs is 1. The van der Waals surface area contributed by atoms with Crippen molar-refractivity contribution >= 4 is 17.5 Å². The first-order valence-electron chi connectivity index (χ1n) is 8.81. The number of hydrogen-bond donors (Lipinski definition) is 0. The molecule has 2 aromatic rings. The first kappa shape index (κ1) is 18.0. The number of aryl methyl sites for hydroxylation is 1. The molecule has 5 nitrogen and oxygen atoms in total. The largest absolute Gasteiger partial charge is 0.492 e. The fraction of sp³-hybridized carbons (Fsp3) is 0.333. The minimum absolute atomic E-state index is 0.0354. The van der Waals surface area contributed by atoms with Gasteiger partial charge in [0, 0.05) is 31.8 Å². The van der Waals surface area contributed by atoms with Gasteiger partial charge in [0.05, 0.1) is 6.54 Å². The predicted octanol–water partition coefficient (Wildman–Crippen LogP) is 3.06. The standard InChI is InChI=1S/C21H24N2O3/c1-15-4-7-19(8-5-15)26-13-12-22(3)21(25)18-6-9-20-17(14-18)10-11-23(20)16(2)24/h4-9,14H,10-13H2,1-3H3. The van der Waals surface area contributed by atoms with Crippen molar-refractivity contribution in [1.82, 2.24) is 4.90 Å². The monoisotopic (exact) mass is 352 g/mol. The molecule has 0 N–H and O–H groups in total. The molecular formula is C21H24N2O3. The molecule has 0 atom stereocenters. The van der Waals surface area contributed by atoms with E-state index >= 15 is 0 Å². The number of anilines is 1. The van der Waals surface area contributed by atoms with Crippen LogP contribution in [0.1, 0.15) is 28.4 Å². The Bertz CT molecular complexity index is 815. The van der Waals surface area contributed by atoms with E-state index in [0.29, 0.717) is 25.3 Å². The molecule has 0 saturated carbocycles. The zero-order chi connectivity index (χ0) is 18.7. The molecule has 2 amide bonds. The summed E-state index contributed by atoms with van der Waals surface area (Å²) in [6, 6.07) is 13.4. The summed E-state index contributed by atoms with van der Waals surface area (Å²) in [6.45, 7) is 5.22. The smallest absolute Gasteiger partial charge is 0.253 e. The van der Waals surface area contributed by atoms with Gasteiger partial charge in [0.25, 0.3) is 5.91 Å². The number of benzene rings is 2. The Morgan fingerprint density at radius 3 is 2.58 bits per heavy atom. The fourth-order valence-electron chi connectivity index (χ4n) is 3.12. The number of carbonyl (C=O) groups excluding carboxylic acids is 2. The highest BCUT2D eigenvalue weighted by Crippen LogP contribution is 2.29. The lowest BCUT2D eigenvalue weighted by molar-refractivity contribution is -0.116. The van der Waals surface area contributed by atoms with Crippen LogP contribution in [0.2, 0.25) is 0 Å². The third-order valence-electron chi connectivity index (χ3n) is 4.67. The molecule has 0 bridgehead atoms. The lowest BCUT2D eigenvalue weighted by Crippen LogP contribution is -2.31. The van der Waals surface area contributed by atoms with Crippen LogP contribution in [0, 0.1) is 6.92 Å². The van der Waals surface area contributed by atoms with E-state index in [0.717, 1.165) is 23.4 Å². The maximum absolute atomic E-state index is 12.6. The van der Waals surface area contributed by atoms with Gasteiger partial charge in [-0.25, -0.2) is 0 Å². The quantitative estimate of drug-likeness (QED) is 0.831. The molecule has 1 heterocycles. The van der Waals surface area contributed by atoms with Crippen LogP contribution in [0.4, 0.5) is 5.69 Å². The third kappa shape index (κ3) is 3.87. The summed E-state index contributed by atoms with van der Waals surface area (Å²) >= 11 is 0. The first-order chi connectivity index (χ1) is 12.5. The molecule has 0 saturated heterocycles. The zero-order valence-corrected chi connectivity index (χ0v) is 15.5. The molecule has 2 aromatic carbocycles. The average molecular weight is 352 g/mol. The lowest BCUT2D eigenvalue weighted by Gasteiger charge is -2.19. The van der Waals surface area contributed by atoms with Crippen molar-refractivity contribution in [1.29, 1.82) is 0 Å². The molecule has 0 radical (unpaired) electrons. The summed E-state index contributed by atoms with van der Waals surface area (Å²) in [5, 5.41) is 0. The minimum Gasteiger partial charge on any atom is -0.492 e. The zero-order valence-electron chi connectivity index (χ0n) is 15.5. The maximum atomic E-state index is 12.6. The molecule has 0 unspecified atom stereocenters. The summed E-state index contributed by atoms with van der Waals surface area (Å²) in [5.41, 5.74) is 3.80. The van der Waals surface area contributed by atoms with Crippen LogP contribution < -0.4 is 9.64 Å². The van der Waals surface area contributed by atoms with Gasteiger partial charge in [0.1, 0.15) is 12.4 Å². The Balaban J connectivity index is 1.58. The van der Waals surface area contributed by atoms with Crippen molar-refractivity contribution in [3.05, 3.63) is 59.2 Å². The summed E-state index contributed by atoms with van der Waals surface area (Å²) < 4.78 is 5.69. The maximum Gasteiger partial charge on any atom is 0.253 e. The second kappa shape index (κ2) is 7.60. The Morgan fingerprint density at radius 1 is 1.15 bits per heavy atom. The van der Waals surface area contributed by atoms with Crippen molar-refractivity contribution in [2.75, 3.05) is 31.6 Å². The van der Waals surface area contributed by atoms with Gasteiger partial charge in [-0.2, -0.15) is 0 Å². The van der Waals surface area contributed by atoms with Crippen molar-refractivity contribution in [3.8, 4) is 5.75 Å².